The van der Waals surface area contributed by atoms with Crippen molar-refractivity contribution in [3.63, 3.8) is 0 Å². The van der Waals surface area contributed by atoms with E-state index in [0.29, 0.717) is 83.8 Å². The van der Waals surface area contributed by atoms with E-state index in [0.717, 1.165) is 65.9 Å². The summed E-state index contributed by atoms with van der Waals surface area (Å²) in [4.78, 5) is 30.4. The highest BCUT2D eigenvalue weighted by molar-refractivity contribution is 6.39. The van der Waals surface area contributed by atoms with Gasteiger partial charge in [0, 0.05) is 73.3 Å². The zero-order chi connectivity index (χ0) is 35.5. The number of methoxy groups -OCH3 is 2. The first-order valence-electron chi connectivity index (χ1n) is 17.4. The number of nitrogens with one attached hydrogen (secondary N) is 2. The molecule has 3 heterocycles. The molecular weight excluding hydrogens is 687 g/mol. The fourth-order valence-corrected chi connectivity index (χ4v) is 8.21. The lowest BCUT2D eigenvalue weighted by atomic mass is 9.88. The molecular formula is C40H42Cl2N4O5. The minimum atomic E-state index is -0.0780. The van der Waals surface area contributed by atoms with Gasteiger partial charge >= 0.3 is 0 Å². The quantitative estimate of drug-likeness (QED) is 0.139. The van der Waals surface area contributed by atoms with Crippen LogP contribution < -0.4 is 24.8 Å². The number of amides is 1. The third-order valence-corrected chi connectivity index (χ3v) is 11.0. The maximum atomic E-state index is 11.8. The highest BCUT2D eigenvalue weighted by atomic mass is 35.5. The molecule has 2 N–H and O–H groups in total. The first kappa shape index (κ1) is 35.3. The predicted octanol–water partition coefficient (Wildman–Crippen LogP) is 7.21. The molecule has 1 spiro atoms. The van der Waals surface area contributed by atoms with Crippen LogP contribution in [-0.2, 0) is 16.1 Å². The van der Waals surface area contributed by atoms with E-state index < -0.39 is 0 Å². The van der Waals surface area contributed by atoms with Crippen LogP contribution in [0.5, 0.6) is 17.4 Å². The lowest BCUT2D eigenvalue weighted by Crippen LogP contribution is -2.66. The minimum Gasteiger partial charge on any atom is -0.493 e. The number of ether oxygens (including phenoxy) is 3. The van der Waals surface area contributed by atoms with Gasteiger partial charge in [0.2, 0.25) is 11.8 Å². The van der Waals surface area contributed by atoms with E-state index in [1.165, 1.54) is 0 Å². The summed E-state index contributed by atoms with van der Waals surface area (Å²) in [6, 6.07) is 21.6. The van der Waals surface area contributed by atoms with Crippen LogP contribution in [0.15, 0.2) is 66.7 Å². The molecule has 9 nitrogen and oxygen atoms in total. The van der Waals surface area contributed by atoms with Crippen molar-refractivity contribution in [1.82, 2.24) is 20.5 Å². The Morgan fingerprint density at radius 2 is 1.65 bits per heavy atom. The Hall–Kier alpha value is -4.15. The highest BCUT2D eigenvalue weighted by Crippen LogP contribution is 2.44. The normalized spacial score (nSPS) is 18.2. The van der Waals surface area contributed by atoms with Gasteiger partial charge in [-0.3, -0.25) is 14.5 Å². The van der Waals surface area contributed by atoms with Crippen LogP contribution in [0, 0.1) is 5.92 Å². The lowest BCUT2D eigenvalue weighted by molar-refractivity contribution is -0.121. The first-order chi connectivity index (χ1) is 24.8. The molecule has 1 aliphatic carbocycles. The third-order valence-electron chi connectivity index (χ3n) is 10.2. The topological polar surface area (TPSA) is 102 Å². The van der Waals surface area contributed by atoms with Crippen molar-refractivity contribution < 1.29 is 23.8 Å². The first-order valence-corrected chi connectivity index (χ1v) is 18.2. The number of pyridine rings is 1. The second-order valence-electron chi connectivity index (χ2n) is 13.7. The fraction of sp³-hybridized carbons (Fsp3) is 0.375. The van der Waals surface area contributed by atoms with Gasteiger partial charge in [-0.25, -0.2) is 4.98 Å². The van der Waals surface area contributed by atoms with Crippen molar-refractivity contribution in [2.45, 2.75) is 44.2 Å². The summed E-state index contributed by atoms with van der Waals surface area (Å²) in [5.41, 5.74) is 5.67. The summed E-state index contributed by atoms with van der Waals surface area (Å²) < 4.78 is 17.5. The summed E-state index contributed by atoms with van der Waals surface area (Å²) in [7, 11) is 3.25. The Labute approximate surface area is 308 Å². The maximum Gasteiger partial charge on any atom is 0.220 e. The smallest absolute Gasteiger partial charge is 0.220 e. The van der Waals surface area contributed by atoms with Gasteiger partial charge in [-0.05, 0) is 49.1 Å². The molecule has 3 aromatic carbocycles. The number of hydrogen-bond acceptors (Lipinski definition) is 8. The van der Waals surface area contributed by atoms with E-state index in [-0.39, 0.29) is 11.4 Å². The second-order valence-corrected chi connectivity index (χ2v) is 14.5. The number of carbonyl (C=O) groups excluding carboxylic acids is 2. The van der Waals surface area contributed by atoms with Crippen molar-refractivity contribution in [1.29, 1.82) is 0 Å². The fourth-order valence-electron chi connectivity index (χ4n) is 7.55. The zero-order valence-electron chi connectivity index (χ0n) is 28.9. The number of nitrogens with zero attached hydrogens (tertiary/aromatic N) is 2. The van der Waals surface area contributed by atoms with Crippen LogP contribution in [0.25, 0.3) is 33.5 Å². The minimum absolute atomic E-state index is 0.0780. The number of halogens is 2. The van der Waals surface area contributed by atoms with E-state index >= 15 is 0 Å². The van der Waals surface area contributed by atoms with Gasteiger partial charge in [-0.1, -0.05) is 71.7 Å². The molecule has 4 aromatic rings. The zero-order valence-corrected chi connectivity index (χ0v) is 30.4. The molecule has 1 aromatic heterocycles. The lowest BCUT2D eigenvalue weighted by Gasteiger charge is -2.48. The number of likely N-dealkylation sites (tertiary alicyclic amines) is 1. The number of hydrogen-bond donors (Lipinski definition) is 2. The average Bonchev–Trinajstić information content (AvgIpc) is 3.73. The molecule has 3 aliphatic rings. The molecule has 0 radical (unpaired) electrons. The standard InChI is InChI=1S/C40H42Cl2N4O5/c1-49-35-20-26(11-14-34(35)51-18-17-43-21-25-9-12-28(47)19-25)29-5-3-6-30(37(29)41)31-7-4-8-32(38(31)42)33-13-10-27(39(44-33)50-2)22-46-23-40(24-46)16-15-36(48)45-40/h3-8,10-11,13-14,20,25,43H,9,12,15-19,21-24H2,1-2H3,(H,45,48)/t25-/m1/s1. The van der Waals surface area contributed by atoms with Gasteiger partial charge in [0.15, 0.2) is 11.5 Å². The third kappa shape index (κ3) is 7.58. The van der Waals surface area contributed by atoms with E-state index in [4.69, 9.17) is 42.4 Å². The number of ketones is 1. The summed E-state index contributed by atoms with van der Waals surface area (Å²) in [6.07, 6.45) is 3.83. The highest BCUT2D eigenvalue weighted by Gasteiger charge is 2.47. The van der Waals surface area contributed by atoms with Crippen LogP contribution in [0.1, 0.15) is 37.7 Å². The Morgan fingerprint density at radius 1 is 0.902 bits per heavy atom. The molecule has 1 amide bonds. The molecule has 266 valence electrons. The van der Waals surface area contributed by atoms with E-state index in [9.17, 15) is 9.59 Å². The predicted molar refractivity (Wildman–Crippen MR) is 200 cm³/mol. The molecule has 2 saturated heterocycles. The number of benzene rings is 3. The number of rotatable bonds is 13. The van der Waals surface area contributed by atoms with Crippen molar-refractivity contribution in [3.8, 4) is 50.9 Å². The molecule has 51 heavy (non-hydrogen) atoms. The van der Waals surface area contributed by atoms with Gasteiger partial charge in [-0.15, -0.1) is 0 Å². The van der Waals surface area contributed by atoms with Gasteiger partial charge in [0.25, 0.3) is 0 Å². The Morgan fingerprint density at radius 3 is 2.33 bits per heavy atom. The van der Waals surface area contributed by atoms with Crippen LogP contribution >= 0.6 is 23.2 Å². The Kier molecular flexibility index (Phi) is 10.5. The molecule has 3 fully saturated rings. The average molecular weight is 730 g/mol. The molecule has 11 heteroatoms. The van der Waals surface area contributed by atoms with Crippen LogP contribution in [0.4, 0.5) is 0 Å². The molecule has 1 atom stereocenters. The summed E-state index contributed by atoms with van der Waals surface area (Å²) in [5.74, 6) is 2.73. The number of carbonyl (C=O) groups is 2. The summed E-state index contributed by atoms with van der Waals surface area (Å²) in [6.45, 7) is 4.32. The SMILES string of the molecule is COc1cc(-c2cccc(-c3cccc(-c4ccc(CN5CC6(CCC(=O)N6)C5)c(OC)n4)c3Cl)c2Cl)ccc1OCCNC[C@@H]1CCC(=O)C1. The van der Waals surface area contributed by atoms with Gasteiger partial charge in [0.1, 0.15) is 12.4 Å². The molecule has 1 saturated carbocycles. The van der Waals surface area contributed by atoms with Gasteiger partial charge in [-0.2, -0.15) is 0 Å². The van der Waals surface area contributed by atoms with E-state index in [1.807, 2.05) is 66.7 Å². The molecule has 2 aliphatic heterocycles. The summed E-state index contributed by atoms with van der Waals surface area (Å²) in [5, 5.41) is 7.64. The largest absolute Gasteiger partial charge is 0.493 e. The Bertz CT molecular complexity index is 1950. The van der Waals surface area contributed by atoms with Crippen LogP contribution in [0.2, 0.25) is 10.0 Å². The van der Waals surface area contributed by atoms with Crippen molar-refractivity contribution >= 4 is 34.9 Å². The molecule has 0 bridgehead atoms. The van der Waals surface area contributed by atoms with Crippen molar-refractivity contribution in [3.05, 3.63) is 82.3 Å². The van der Waals surface area contributed by atoms with Crippen LogP contribution in [0.3, 0.4) is 0 Å². The maximum absolute atomic E-state index is 11.8. The van der Waals surface area contributed by atoms with Gasteiger partial charge in [0.05, 0.1) is 35.5 Å². The molecule has 7 rings (SSSR count). The number of Topliss-reactive ketones (excluding diaryl/α,β-unsaturated/α-hetero) is 1. The van der Waals surface area contributed by atoms with E-state index in [1.54, 1.807) is 14.2 Å². The summed E-state index contributed by atoms with van der Waals surface area (Å²) >= 11 is 14.3. The number of aromatic nitrogens is 1. The molecule has 0 unspecified atom stereocenters. The Balaban J connectivity index is 1.05. The van der Waals surface area contributed by atoms with Crippen molar-refractivity contribution in [2.24, 2.45) is 5.92 Å². The second kappa shape index (κ2) is 15.2. The van der Waals surface area contributed by atoms with Crippen LogP contribution in [-0.4, -0.2) is 74.1 Å². The monoisotopic (exact) mass is 728 g/mol. The van der Waals surface area contributed by atoms with E-state index in [2.05, 4.69) is 15.5 Å². The van der Waals surface area contributed by atoms with Crippen molar-refractivity contribution in [2.75, 3.05) is 47.0 Å². The van der Waals surface area contributed by atoms with Gasteiger partial charge < -0.3 is 24.8 Å².